The van der Waals surface area contributed by atoms with Crippen LogP contribution in [0.3, 0.4) is 0 Å². The molecule has 2 heterocycles. The van der Waals surface area contributed by atoms with Gasteiger partial charge in [0.05, 0.1) is 7.11 Å². The zero-order valence-corrected chi connectivity index (χ0v) is 11.2. The Morgan fingerprint density at radius 1 is 1.59 bits per heavy atom. The highest BCUT2D eigenvalue weighted by molar-refractivity contribution is 5.81. The van der Waals surface area contributed by atoms with Crippen molar-refractivity contribution in [2.45, 2.75) is 44.7 Å². The zero-order chi connectivity index (χ0) is 12.5. The molecule has 4 heteroatoms. The highest BCUT2D eigenvalue weighted by Crippen LogP contribution is 2.37. The molecule has 2 aliphatic heterocycles. The molecule has 2 aliphatic rings. The molecule has 0 aromatic rings. The van der Waals surface area contributed by atoms with Crippen LogP contribution in [-0.2, 0) is 9.53 Å². The molecule has 0 amide bonds. The molecule has 0 spiro atoms. The van der Waals surface area contributed by atoms with Gasteiger partial charge in [0.2, 0.25) is 0 Å². The first-order valence-corrected chi connectivity index (χ1v) is 6.71. The van der Waals surface area contributed by atoms with E-state index in [1.54, 1.807) is 0 Å². The summed E-state index contributed by atoms with van der Waals surface area (Å²) in [5.41, 5.74) is -0.433. The third-order valence-corrected chi connectivity index (χ3v) is 4.46. The third kappa shape index (κ3) is 2.20. The Hall–Kier alpha value is -0.610. The van der Waals surface area contributed by atoms with Gasteiger partial charge < -0.3 is 9.64 Å². The largest absolute Gasteiger partial charge is 0.468 e. The van der Waals surface area contributed by atoms with Crippen LogP contribution in [0.5, 0.6) is 0 Å². The third-order valence-electron chi connectivity index (χ3n) is 4.46. The van der Waals surface area contributed by atoms with E-state index in [2.05, 4.69) is 24.1 Å². The molecule has 0 aromatic carbocycles. The fourth-order valence-electron chi connectivity index (χ4n) is 3.22. The monoisotopic (exact) mass is 240 g/mol. The van der Waals surface area contributed by atoms with Gasteiger partial charge >= 0.3 is 5.97 Å². The first-order chi connectivity index (χ1) is 8.12. The fraction of sp³-hybridized carbons (Fsp3) is 0.923. The molecule has 0 radical (unpaired) electrons. The Kier molecular flexibility index (Phi) is 3.73. The van der Waals surface area contributed by atoms with Crippen LogP contribution in [0.2, 0.25) is 0 Å². The maximum atomic E-state index is 12.2. The summed E-state index contributed by atoms with van der Waals surface area (Å²) in [6, 6.07) is 0.362. The van der Waals surface area contributed by atoms with Gasteiger partial charge in [-0.15, -0.1) is 0 Å². The average Bonchev–Trinajstić information content (AvgIpc) is 2.76. The van der Waals surface area contributed by atoms with E-state index >= 15 is 0 Å². The number of rotatable bonds is 4. The van der Waals surface area contributed by atoms with Crippen molar-refractivity contribution < 1.29 is 9.53 Å². The van der Waals surface area contributed by atoms with Crippen LogP contribution in [-0.4, -0.2) is 49.2 Å². The number of nitrogens with one attached hydrogen (secondary N) is 1. The van der Waals surface area contributed by atoms with Gasteiger partial charge in [0.25, 0.3) is 0 Å². The van der Waals surface area contributed by atoms with Gasteiger partial charge in [0, 0.05) is 25.0 Å². The number of hydrogen-bond acceptors (Lipinski definition) is 4. The van der Waals surface area contributed by atoms with Crippen LogP contribution in [0.4, 0.5) is 0 Å². The lowest BCUT2D eigenvalue weighted by Crippen LogP contribution is -2.63. The van der Waals surface area contributed by atoms with Gasteiger partial charge in [0.1, 0.15) is 5.54 Å². The minimum atomic E-state index is -0.433. The number of hydrogen-bond donors (Lipinski definition) is 1. The Bertz CT molecular complexity index is 295. The van der Waals surface area contributed by atoms with Crippen LogP contribution < -0.4 is 5.32 Å². The molecule has 1 N–H and O–H groups in total. The molecule has 2 rings (SSSR count). The molecular weight excluding hydrogens is 216 g/mol. The molecule has 4 atom stereocenters. The van der Waals surface area contributed by atoms with E-state index in [-0.39, 0.29) is 5.97 Å². The number of esters is 1. The van der Waals surface area contributed by atoms with Crippen molar-refractivity contribution in [1.29, 1.82) is 0 Å². The quantitative estimate of drug-likeness (QED) is 0.745. The number of methoxy groups -OCH3 is 1. The van der Waals surface area contributed by atoms with E-state index in [0.717, 1.165) is 38.9 Å². The Balaban J connectivity index is 2.20. The molecule has 0 aliphatic carbocycles. The molecule has 2 bridgehead atoms. The number of piperidine rings is 1. The van der Waals surface area contributed by atoms with E-state index in [1.807, 2.05) is 0 Å². The van der Waals surface area contributed by atoms with Gasteiger partial charge in [-0.1, -0.05) is 6.92 Å². The second-order valence-corrected chi connectivity index (χ2v) is 5.45. The first-order valence-electron chi connectivity index (χ1n) is 6.71. The Morgan fingerprint density at radius 3 is 3.00 bits per heavy atom. The number of carbonyl (C=O) groups excluding carboxylic acids is 1. The molecule has 2 saturated heterocycles. The maximum Gasteiger partial charge on any atom is 0.326 e. The predicted molar refractivity (Wildman–Crippen MR) is 66.8 cm³/mol. The van der Waals surface area contributed by atoms with Gasteiger partial charge in [-0.3, -0.25) is 10.1 Å². The molecule has 0 aromatic heterocycles. The molecule has 4 nitrogen and oxygen atoms in total. The number of nitrogens with zero attached hydrogens (tertiary/aromatic N) is 1. The van der Waals surface area contributed by atoms with Crippen LogP contribution >= 0.6 is 0 Å². The second-order valence-electron chi connectivity index (χ2n) is 5.45. The fourth-order valence-corrected chi connectivity index (χ4v) is 3.22. The standard InChI is InChI=1S/C13H24N2O2/c1-4-10(2)14-13(12(16)17-3)6-8-15-7-5-11(13)9-15/h10-11,14H,4-9H2,1-3H3. The minimum absolute atomic E-state index is 0.0654. The van der Waals surface area contributed by atoms with Gasteiger partial charge in [-0.2, -0.15) is 0 Å². The zero-order valence-electron chi connectivity index (χ0n) is 11.2. The lowest BCUT2D eigenvalue weighted by molar-refractivity contribution is -0.153. The van der Waals surface area contributed by atoms with Crippen LogP contribution in [0.25, 0.3) is 0 Å². The van der Waals surface area contributed by atoms with E-state index in [9.17, 15) is 4.79 Å². The van der Waals surface area contributed by atoms with Crippen molar-refractivity contribution in [3.63, 3.8) is 0 Å². The lowest BCUT2D eigenvalue weighted by atomic mass is 9.78. The van der Waals surface area contributed by atoms with E-state index in [0.29, 0.717) is 12.0 Å². The molecule has 4 unspecified atom stereocenters. The van der Waals surface area contributed by atoms with Gasteiger partial charge in [0.15, 0.2) is 0 Å². The Labute approximate surface area is 104 Å². The maximum absolute atomic E-state index is 12.2. The number of carbonyl (C=O) groups is 1. The Morgan fingerprint density at radius 2 is 2.35 bits per heavy atom. The predicted octanol–water partition coefficient (Wildman–Crippen LogP) is 1.01. The summed E-state index contributed by atoms with van der Waals surface area (Å²) in [6.07, 6.45) is 3.03. The van der Waals surface area contributed by atoms with Crippen LogP contribution in [0.15, 0.2) is 0 Å². The second kappa shape index (κ2) is 4.94. The van der Waals surface area contributed by atoms with E-state index in [4.69, 9.17) is 4.74 Å². The summed E-state index contributed by atoms with van der Waals surface area (Å²) < 4.78 is 5.07. The lowest BCUT2D eigenvalue weighted by Gasteiger charge is -2.42. The number of ether oxygens (including phenoxy) is 1. The highest BCUT2D eigenvalue weighted by Gasteiger charge is 2.52. The number of fused-ring (bicyclic) bond motifs is 2. The molecular formula is C13H24N2O2. The van der Waals surface area contributed by atoms with Gasteiger partial charge in [-0.05, 0) is 32.7 Å². The highest BCUT2D eigenvalue weighted by atomic mass is 16.5. The van der Waals surface area contributed by atoms with Crippen molar-refractivity contribution in [3.8, 4) is 0 Å². The van der Waals surface area contributed by atoms with E-state index in [1.165, 1.54) is 7.11 Å². The summed E-state index contributed by atoms with van der Waals surface area (Å²) in [7, 11) is 1.50. The normalized spacial score (nSPS) is 37.8. The summed E-state index contributed by atoms with van der Waals surface area (Å²) >= 11 is 0. The summed E-state index contributed by atoms with van der Waals surface area (Å²) in [6.45, 7) is 7.47. The van der Waals surface area contributed by atoms with Crippen molar-refractivity contribution >= 4 is 5.97 Å². The first kappa shape index (κ1) is 12.8. The van der Waals surface area contributed by atoms with Gasteiger partial charge in [-0.25, -0.2) is 0 Å². The average molecular weight is 240 g/mol. The van der Waals surface area contributed by atoms with Crippen molar-refractivity contribution in [3.05, 3.63) is 0 Å². The molecule has 17 heavy (non-hydrogen) atoms. The van der Waals surface area contributed by atoms with E-state index < -0.39 is 5.54 Å². The van der Waals surface area contributed by atoms with Crippen LogP contribution in [0, 0.1) is 5.92 Å². The smallest absolute Gasteiger partial charge is 0.326 e. The SMILES string of the molecule is CCC(C)NC1(C(=O)OC)CCN2CCC1C2. The summed E-state index contributed by atoms with van der Waals surface area (Å²) in [4.78, 5) is 14.7. The molecule has 98 valence electrons. The summed E-state index contributed by atoms with van der Waals surface area (Å²) in [5, 5.41) is 3.56. The van der Waals surface area contributed by atoms with Crippen molar-refractivity contribution in [2.24, 2.45) is 5.92 Å². The minimum Gasteiger partial charge on any atom is -0.468 e. The topological polar surface area (TPSA) is 41.6 Å². The van der Waals surface area contributed by atoms with Crippen LogP contribution in [0.1, 0.15) is 33.1 Å². The summed E-state index contributed by atoms with van der Waals surface area (Å²) in [5.74, 6) is 0.349. The molecule has 0 saturated carbocycles. The van der Waals surface area contributed by atoms with Crippen molar-refractivity contribution in [1.82, 2.24) is 10.2 Å². The van der Waals surface area contributed by atoms with Crippen molar-refractivity contribution in [2.75, 3.05) is 26.7 Å². The molecule has 2 fully saturated rings.